The number of rotatable bonds is 5. The van der Waals surface area contributed by atoms with Gasteiger partial charge in [-0.2, -0.15) is 26.9 Å². The fourth-order valence-corrected chi connectivity index (χ4v) is 2.75. The summed E-state index contributed by atoms with van der Waals surface area (Å²) in [5.74, 6) is -0.899. The van der Waals surface area contributed by atoms with E-state index in [2.05, 4.69) is 10.6 Å². The van der Waals surface area contributed by atoms with Crippen molar-refractivity contribution in [2.45, 2.75) is 11.1 Å². The first-order valence-corrected chi connectivity index (χ1v) is 9.36. The summed E-state index contributed by atoms with van der Waals surface area (Å²) in [5, 5.41) is 13.3. The van der Waals surface area contributed by atoms with Crippen molar-refractivity contribution >= 4 is 39.0 Å². The van der Waals surface area contributed by atoms with E-state index in [9.17, 15) is 26.4 Å². The maximum atomic E-state index is 12.9. The van der Waals surface area contributed by atoms with Crippen LogP contribution < -0.4 is 10.6 Å². The molecule has 7 nitrogen and oxygen atoms in total. The summed E-state index contributed by atoms with van der Waals surface area (Å²) in [4.78, 5) is 11.7. The fraction of sp³-hybridized carbons (Fsp3) is 0.0588. The van der Waals surface area contributed by atoms with Gasteiger partial charge >= 0.3 is 6.18 Å². The lowest BCUT2D eigenvalue weighted by Gasteiger charge is -2.11. The van der Waals surface area contributed by atoms with Gasteiger partial charge in [0, 0.05) is 17.6 Å². The van der Waals surface area contributed by atoms with Gasteiger partial charge in [0.1, 0.15) is 11.6 Å². The van der Waals surface area contributed by atoms with Crippen molar-refractivity contribution < 1.29 is 30.9 Å². The first kappa shape index (κ1) is 22.2. The molecule has 0 spiro atoms. The van der Waals surface area contributed by atoms with Gasteiger partial charge in [-0.15, -0.1) is 0 Å². The van der Waals surface area contributed by atoms with Gasteiger partial charge in [-0.25, -0.2) is 0 Å². The zero-order chi connectivity index (χ0) is 21.8. The average molecular weight is 446 g/mol. The molecule has 0 atom stereocenters. The van der Waals surface area contributed by atoms with Gasteiger partial charge in [0.25, 0.3) is 16.0 Å². The van der Waals surface area contributed by atoms with Crippen LogP contribution in [0, 0.1) is 11.3 Å². The van der Waals surface area contributed by atoms with Crippen LogP contribution in [0.25, 0.3) is 0 Å². The van der Waals surface area contributed by atoms with E-state index in [-0.39, 0.29) is 11.4 Å². The predicted molar refractivity (Wildman–Crippen MR) is 98.7 cm³/mol. The van der Waals surface area contributed by atoms with E-state index in [1.165, 1.54) is 18.2 Å². The molecule has 152 valence electrons. The van der Waals surface area contributed by atoms with Crippen LogP contribution in [-0.4, -0.2) is 18.9 Å². The van der Waals surface area contributed by atoms with Crippen molar-refractivity contribution in [3.05, 3.63) is 64.8 Å². The highest BCUT2D eigenvalue weighted by Gasteiger charge is 2.33. The minimum atomic E-state index is -4.68. The second-order valence-electron chi connectivity index (χ2n) is 5.46. The molecule has 0 bridgehead atoms. The van der Waals surface area contributed by atoms with Crippen LogP contribution in [-0.2, 0) is 21.1 Å². The number of carbonyl (C=O) groups excluding carboxylic acids is 1. The van der Waals surface area contributed by atoms with Crippen LogP contribution >= 0.6 is 11.6 Å². The minimum absolute atomic E-state index is 0.0558. The summed E-state index contributed by atoms with van der Waals surface area (Å²) in [6, 6.07) is 8.98. The highest BCUT2D eigenvalue weighted by molar-refractivity contribution is 7.85. The second-order valence-corrected chi connectivity index (χ2v) is 7.29. The van der Waals surface area contributed by atoms with E-state index in [0.717, 1.165) is 30.5 Å². The maximum Gasteiger partial charge on any atom is 0.417 e. The Kier molecular flexibility index (Phi) is 6.53. The van der Waals surface area contributed by atoms with Crippen LogP contribution in [0.1, 0.15) is 5.56 Å². The van der Waals surface area contributed by atoms with E-state index in [0.29, 0.717) is 0 Å². The first-order chi connectivity index (χ1) is 13.4. The quantitative estimate of drug-likeness (QED) is 0.362. The van der Waals surface area contributed by atoms with Gasteiger partial charge < -0.3 is 10.6 Å². The molecule has 0 unspecified atom stereocenters. The zero-order valence-corrected chi connectivity index (χ0v) is 15.7. The lowest BCUT2D eigenvalue weighted by atomic mass is 10.2. The van der Waals surface area contributed by atoms with Crippen LogP contribution in [0.2, 0.25) is 5.02 Å². The van der Waals surface area contributed by atoms with E-state index < -0.39 is 43.3 Å². The molecule has 0 aromatic heterocycles. The number of nitriles is 1. The summed E-state index contributed by atoms with van der Waals surface area (Å²) in [6.07, 6.45) is -3.77. The third-order valence-electron chi connectivity index (χ3n) is 3.43. The second kappa shape index (κ2) is 8.52. The number of nitrogens with one attached hydrogen (secondary N) is 2. The molecule has 2 rings (SSSR count). The van der Waals surface area contributed by atoms with Crippen LogP contribution in [0.3, 0.4) is 0 Å². The summed E-state index contributed by atoms with van der Waals surface area (Å²) in [5.41, 5.74) is -1.49. The largest absolute Gasteiger partial charge is 0.417 e. The molecule has 0 aliphatic rings. The number of carbonyl (C=O) groups is 1. The number of alkyl halides is 3. The zero-order valence-electron chi connectivity index (χ0n) is 14.2. The third kappa shape index (κ3) is 5.95. The third-order valence-corrected chi connectivity index (χ3v) is 4.63. The van der Waals surface area contributed by atoms with Gasteiger partial charge in [0.05, 0.1) is 15.5 Å². The molecule has 0 fully saturated rings. The number of benzene rings is 2. The molecule has 29 heavy (non-hydrogen) atoms. The van der Waals surface area contributed by atoms with Crippen LogP contribution in [0.5, 0.6) is 0 Å². The highest BCUT2D eigenvalue weighted by atomic mass is 35.5. The molecule has 0 aliphatic carbocycles. The molecule has 0 radical (unpaired) electrons. The number of hydrogen-bond acceptors (Lipinski definition) is 5. The monoisotopic (exact) mass is 445 g/mol. The van der Waals surface area contributed by atoms with E-state index >= 15 is 0 Å². The molecule has 12 heteroatoms. The number of nitrogens with zero attached hydrogens (tertiary/aromatic N) is 1. The lowest BCUT2D eigenvalue weighted by Crippen LogP contribution is -2.14. The average Bonchev–Trinajstić information content (AvgIpc) is 2.62. The summed E-state index contributed by atoms with van der Waals surface area (Å²) in [7, 11) is -4.40. The topological polar surface area (TPSA) is 119 Å². The smallest absolute Gasteiger partial charge is 0.360 e. The maximum absolute atomic E-state index is 12.9. The Bertz CT molecular complexity index is 1110. The predicted octanol–water partition coefficient (Wildman–Crippen LogP) is 4.06. The molecule has 2 aromatic carbocycles. The van der Waals surface area contributed by atoms with Gasteiger partial charge in [-0.05, 0) is 42.5 Å². The fourth-order valence-electron chi connectivity index (χ4n) is 2.05. The highest BCUT2D eigenvalue weighted by Crippen LogP contribution is 2.36. The molecule has 1 amide bonds. The van der Waals surface area contributed by atoms with Gasteiger partial charge in [-0.3, -0.25) is 9.35 Å². The Balaban J connectivity index is 2.16. The molecule has 0 saturated carbocycles. The summed E-state index contributed by atoms with van der Waals surface area (Å²) < 4.78 is 69.5. The molecule has 3 N–H and O–H groups in total. The van der Waals surface area contributed by atoms with Crippen molar-refractivity contribution in [2.24, 2.45) is 0 Å². The molecular formula is C17H11ClF3N3O4S. The SMILES string of the molecule is N#C/C(=C/Nc1ccc(Cl)c(C(F)(F)F)c1)C(=O)Nc1ccc(S(=O)(=O)O)cc1. The van der Waals surface area contributed by atoms with Gasteiger partial charge in [0.2, 0.25) is 0 Å². The molecule has 2 aromatic rings. The number of hydrogen-bond donors (Lipinski definition) is 3. The summed E-state index contributed by atoms with van der Waals surface area (Å²) in [6.45, 7) is 0. The number of anilines is 2. The standard InChI is InChI=1S/C17H11ClF3N3O4S/c18-15-6-3-12(7-14(15)17(19,20)21)23-9-10(8-22)16(25)24-11-1-4-13(5-2-11)29(26,27)28/h1-7,9,23H,(H,24,25)(H,26,27,28)/b10-9-. The first-order valence-electron chi connectivity index (χ1n) is 7.54. The van der Waals surface area contributed by atoms with Crippen molar-refractivity contribution in [1.29, 1.82) is 5.26 Å². The van der Waals surface area contributed by atoms with E-state index in [4.69, 9.17) is 21.4 Å². The molecular weight excluding hydrogens is 435 g/mol. The van der Waals surface area contributed by atoms with Crippen molar-refractivity contribution in [3.63, 3.8) is 0 Å². The summed E-state index contributed by atoms with van der Waals surface area (Å²) >= 11 is 5.52. The van der Waals surface area contributed by atoms with Crippen molar-refractivity contribution in [3.8, 4) is 6.07 Å². The lowest BCUT2D eigenvalue weighted by molar-refractivity contribution is -0.137. The van der Waals surface area contributed by atoms with Gasteiger partial charge in [0.15, 0.2) is 0 Å². The van der Waals surface area contributed by atoms with Crippen LogP contribution in [0.15, 0.2) is 59.1 Å². The van der Waals surface area contributed by atoms with Crippen LogP contribution in [0.4, 0.5) is 24.5 Å². The van der Waals surface area contributed by atoms with E-state index in [1.807, 2.05) is 0 Å². The normalized spacial score (nSPS) is 12.2. The Hall–Kier alpha value is -3.07. The minimum Gasteiger partial charge on any atom is -0.360 e. The van der Waals surface area contributed by atoms with Crippen molar-refractivity contribution in [2.75, 3.05) is 10.6 Å². The van der Waals surface area contributed by atoms with Crippen molar-refractivity contribution in [1.82, 2.24) is 0 Å². The Morgan fingerprint density at radius 3 is 2.24 bits per heavy atom. The number of halogens is 4. The number of amides is 1. The Morgan fingerprint density at radius 1 is 1.14 bits per heavy atom. The molecule has 0 heterocycles. The van der Waals surface area contributed by atoms with E-state index in [1.54, 1.807) is 6.07 Å². The Morgan fingerprint density at radius 2 is 1.72 bits per heavy atom. The Labute approximate surface area is 168 Å². The molecule has 0 saturated heterocycles. The van der Waals surface area contributed by atoms with Gasteiger partial charge in [-0.1, -0.05) is 11.6 Å². The molecule has 0 aliphatic heterocycles.